The summed E-state index contributed by atoms with van der Waals surface area (Å²) in [5, 5.41) is 13.0. The van der Waals surface area contributed by atoms with Gasteiger partial charge in [0.15, 0.2) is 5.34 Å². The van der Waals surface area contributed by atoms with E-state index in [-0.39, 0.29) is 4.92 Å². The first-order valence-electron chi connectivity index (χ1n) is 4.32. The standard InChI is InChI=1S/C7H10N2O4/c10-8-13-7-3-5(4-7)1-2-6(7)9(11)12/h5-6H,1-4H2. The molecule has 1 unspecified atom stereocenters. The molecule has 3 fully saturated rings. The van der Waals surface area contributed by atoms with Crippen molar-refractivity contribution in [3.05, 3.63) is 15.0 Å². The monoisotopic (exact) mass is 186 g/mol. The van der Waals surface area contributed by atoms with Gasteiger partial charge in [0, 0.05) is 11.3 Å². The molecule has 0 radical (unpaired) electrons. The molecular weight excluding hydrogens is 176 g/mol. The fourth-order valence-corrected chi connectivity index (χ4v) is 2.56. The smallest absolute Gasteiger partial charge is 0.254 e. The van der Waals surface area contributed by atoms with Crippen molar-refractivity contribution < 1.29 is 9.76 Å². The summed E-state index contributed by atoms with van der Waals surface area (Å²) < 4.78 is 0. The highest BCUT2D eigenvalue weighted by Crippen LogP contribution is 2.52. The molecule has 13 heavy (non-hydrogen) atoms. The molecule has 3 aliphatic rings. The predicted molar refractivity (Wildman–Crippen MR) is 42.4 cm³/mol. The highest BCUT2D eigenvalue weighted by molar-refractivity contribution is 5.05. The van der Waals surface area contributed by atoms with Gasteiger partial charge in [0.1, 0.15) is 0 Å². The minimum Gasteiger partial charge on any atom is -0.350 e. The summed E-state index contributed by atoms with van der Waals surface area (Å²) in [6.07, 6.45) is 2.61. The van der Waals surface area contributed by atoms with Crippen LogP contribution in [0.4, 0.5) is 0 Å². The van der Waals surface area contributed by atoms with E-state index in [0.717, 1.165) is 6.42 Å². The topological polar surface area (TPSA) is 81.8 Å². The third-order valence-corrected chi connectivity index (χ3v) is 3.20. The van der Waals surface area contributed by atoms with E-state index in [2.05, 4.69) is 10.2 Å². The van der Waals surface area contributed by atoms with E-state index in [1.165, 1.54) is 0 Å². The molecule has 72 valence electrons. The van der Waals surface area contributed by atoms with Gasteiger partial charge in [-0.1, -0.05) is 0 Å². The van der Waals surface area contributed by atoms with Gasteiger partial charge < -0.3 is 4.84 Å². The minimum atomic E-state index is -0.867. The number of nitro groups is 1. The number of rotatable bonds is 3. The lowest BCUT2D eigenvalue weighted by atomic mass is 9.59. The Bertz CT molecular complexity index is 249. The van der Waals surface area contributed by atoms with E-state index >= 15 is 0 Å². The molecule has 3 saturated carbocycles. The van der Waals surface area contributed by atoms with E-state index in [1.54, 1.807) is 0 Å². The van der Waals surface area contributed by atoms with Gasteiger partial charge in [-0.3, -0.25) is 10.1 Å². The molecule has 0 saturated heterocycles. The Morgan fingerprint density at radius 2 is 2.15 bits per heavy atom. The average Bonchev–Trinajstić information content (AvgIpc) is 2.03. The van der Waals surface area contributed by atoms with Gasteiger partial charge in [0.05, 0.1) is 0 Å². The van der Waals surface area contributed by atoms with Crippen LogP contribution in [-0.4, -0.2) is 16.6 Å². The first-order chi connectivity index (χ1) is 6.18. The zero-order chi connectivity index (χ0) is 9.47. The van der Waals surface area contributed by atoms with Gasteiger partial charge in [0.25, 0.3) is 6.04 Å². The van der Waals surface area contributed by atoms with Crippen molar-refractivity contribution in [2.24, 2.45) is 11.3 Å². The summed E-state index contributed by atoms with van der Waals surface area (Å²) in [6, 6.07) is -0.741. The lowest BCUT2D eigenvalue weighted by molar-refractivity contribution is -0.561. The first-order valence-corrected chi connectivity index (χ1v) is 4.32. The van der Waals surface area contributed by atoms with Crippen LogP contribution in [0.3, 0.4) is 0 Å². The summed E-state index contributed by atoms with van der Waals surface area (Å²) in [5.74, 6) is 0.498. The summed E-state index contributed by atoms with van der Waals surface area (Å²) >= 11 is 0. The molecule has 0 aromatic carbocycles. The highest BCUT2D eigenvalue weighted by atomic mass is 16.7. The molecule has 0 aliphatic heterocycles. The highest BCUT2D eigenvalue weighted by Gasteiger charge is 2.62. The Hall–Kier alpha value is -1.20. The van der Waals surface area contributed by atoms with Crippen LogP contribution in [0, 0.1) is 20.9 Å². The molecule has 0 heterocycles. The van der Waals surface area contributed by atoms with Crippen molar-refractivity contribution in [3.8, 4) is 0 Å². The van der Waals surface area contributed by atoms with E-state index < -0.39 is 11.6 Å². The zero-order valence-corrected chi connectivity index (χ0v) is 7.01. The second-order valence-electron chi connectivity index (χ2n) is 3.88. The lowest BCUT2D eigenvalue weighted by Crippen LogP contribution is -2.60. The van der Waals surface area contributed by atoms with Gasteiger partial charge in [-0.25, -0.2) is 0 Å². The van der Waals surface area contributed by atoms with Gasteiger partial charge in [0.2, 0.25) is 5.60 Å². The molecule has 2 bridgehead atoms. The van der Waals surface area contributed by atoms with Crippen LogP contribution >= 0.6 is 0 Å². The maximum absolute atomic E-state index is 10.7. The maximum Gasteiger partial charge on any atom is 0.254 e. The molecule has 0 spiro atoms. The second-order valence-corrected chi connectivity index (χ2v) is 3.88. The molecular formula is C7H10N2O4. The molecule has 3 aliphatic carbocycles. The van der Waals surface area contributed by atoms with Crippen molar-refractivity contribution in [2.75, 3.05) is 0 Å². The Labute approximate surface area is 74.3 Å². The zero-order valence-electron chi connectivity index (χ0n) is 7.01. The van der Waals surface area contributed by atoms with E-state index in [1.807, 2.05) is 0 Å². The molecule has 1 atom stereocenters. The van der Waals surface area contributed by atoms with Crippen molar-refractivity contribution in [1.82, 2.24) is 0 Å². The number of hydrogen-bond acceptors (Lipinski definition) is 5. The van der Waals surface area contributed by atoms with Crippen molar-refractivity contribution in [2.45, 2.75) is 37.3 Å². The molecule has 0 N–H and O–H groups in total. The quantitative estimate of drug-likeness (QED) is 0.377. The van der Waals surface area contributed by atoms with Gasteiger partial charge in [-0.05, 0) is 25.2 Å². The fraction of sp³-hybridized carbons (Fsp3) is 1.00. The number of nitrogens with zero attached hydrogens (tertiary/aromatic N) is 2. The third kappa shape index (κ3) is 1.08. The third-order valence-electron chi connectivity index (χ3n) is 3.20. The lowest BCUT2D eigenvalue weighted by Gasteiger charge is -2.49. The molecule has 6 heteroatoms. The average molecular weight is 186 g/mol. The largest absolute Gasteiger partial charge is 0.350 e. The van der Waals surface area contributed by atoms with Crippen molar-refractivity contribution in [1.29, 1.82) is 0 Å². The van der Waals surface area contributed by atoms with Crippen LogP contribution in [0.2, 0.25) is 0 Å². The fourth-order valence-electron chi connectivity index (χ4n) is 2.56. The summed E-state index contributed by atoms with van der Waals surface area (Å²) in [7, 11) is 0. The Kier molecular flexibility index (Phi) is 1.71. The maximum atomic E-state index is 10.7. The van der Waals surface area contributed by atoms with Crippen LogP contribution in [-0.2, 0) is 4.84 Å². The van der Waals surface area contributed by atoms with Crippen LogP contribution in [0.1, 0.15) is 25.7 Å². The number of fused-ring (bicyclic) bond motifs is 2. The molecule has 0 aromatic heterocycles. The molecule has 0 aromatic rings. The van der Waals surface area contributed by atoms with Crippen molar-refractivity contribution in [3.63, 3.8) is 0 Å². The summed E-state index contributed by atoms with van der Waals surface area (Å²) in [5.41, 5.74) is -0.867. The van der Waals surface area contributed by atoms with Crippen LogP contribution in [0.25, 0.3) is 0 Å². The first kappa shape index (κ1) is 8.40. The Balaban J connectivity index is 2.15. The Morgan fingerprint density at radius 3 is 2.69 bits per heavy atom. The SMILES string of the molecule is O=NOC12CC(CCC1[N+](=O)[O-])C2. The van der Waals surface area contributed by atoms with E-state index in [4.69, 9.17) is 0 Å². The van der Waals surface area contributed by atoms with Crippen LogP contribution in [0.15, 0.2) is 5.34 Å². The Morgan fingerprint density at radius 1 is 1.46 bits per heavy atom. The molecule has 0 amide bonds. The van der Waals surface area contributed by atoms with Gasteiger partial charge in [-0.15, -0.1) is 4.91 Å². The molecule has 3 rings (SSSR count). The van der Waals surface area contributed by atoms with Crippen LogP contribution in [0.5, 0.6) is 0 Å². The van der Waals surface area contributed by atoms with Gasteiger partial charge in [-0.2, -0.15) is 0 Å². The van der Waals surface area contributed by atoms with Crippen LogP contribution < -0.4 is 0 Å². The summed E-state index contributed by atoms with van der Waals surface area (Å²) in [4.78, 5) is 24.9. The van der Waals surface area contributed by atoms with E-state index in [0.29, 0.717) is 25.2 Å². The minimum absolute atomic E-state index is 0.347. The number of hydrogen-bond donors (Lipinski definition) is 0. The van der Waals surface area contributed by atoms with E-state index in [9.17, 15) is 15.0 Å². The van der Waals surface area contributed by atoms with Gasteiger partial charge >= 0.3 is 0 Å². The summed E-state index contributed by atoms with van der Waals surface area (Å²) in [6.45, 7) is 0. The predicted octanol–water partition coefficient (Wildman–Crippen LogP) is 1.27. The van der Waals surface area contributed by atoms with Crippen molar-refractivity contribution >= 4 is 0 Å². The normalized spacial score (nSPS) is 41.8. The second kappa shape index (κ2) is 2.65. The molecule has 6 nitrogen and oxygen atoms in total.